The van der Waals surface area contributed by atoms with Gasteiger partial charge in [0.2, 0.25) is 0 Å². The third-order valence-corrected chi connectivity index (χ3v) is 2.83. The Kier molecular flexibility index (Phi) is 5.60. The zero-order chi connectivity index (χ0) is 15.8. The lowest BCUT2D eigenvalue weighted by Gasteiger charge is -2.19. The standard InChI is InChI=1S/C18H18O4/c1-3-17(19)22-18(21-16-7-5-4-6-8-16)13-20-15-11-9-14(2)10-12-15/h3-12,18H,1,13H2,2H3. The van der Waals surface area contributed by atoms with E-state index in [4.69, 9.17) is 14.2 Å². The summed E-state index contributed by atoms with van der Waals surface area (Å²) in [6.45, 7) is 5.46. The molecule has 22 heavy (non-hydrogen) atoms. The van der Waals surface area contributed by atoms with E-state index >= 15 is 0 Å². The Hall–Kier alpha value is -2.75. The Labute approximate surface area is 129 Å². The van der Waals surface area contributed by atoms with Gasteiger partial charge in [0.15, 0.2) is 6.61 Å². The maximum absolute atomic E-state index is 11.4. The molecule has 0 saturated carbocycles. The van der Waals surface area contributed by atoms with E-state index in [0.29, 0.717) is 11.5 Å². The van der Waals surface area contributed by atoms with E-state index < -0.39 is 12.3 Å². The first-order valence-electron chi connectivity index (χ1n) is 6.91. The van der Waals surface area contributed by atoms with E-state index in [9.17, 15) is 4.79 Å². The number of benzene rings is 2. The smallest absolute Gasteiger partial charge is 0.333 e. The van der Waals surface area contributed by atoms with Crippen LogP contribution < -0.4 is 9.47 Å². The van der Waals surface area contributed by atoms with E-state index in [0.717, 1.165) is 11.6 Å². The molecular formula is C18H18O4. The van der Waals surface area contributed by atoms with Crippen LogP contribution in [0.2, 0.25) is 0 Å². The topological polar surface area (TPSA) is 44.8 Å². The number of aryl methyl sites for hydroxylation is 1. The van der Waals surface area contributed by atoms with Crippen molar-refractivity contribution in [1.29, 1.82) is 0 Å². The lowest BCUT2D eigenvalue weighted by atomic mass is 10.2. The number of ether oxygens (including phenoxy) is 3. The van der Waals surface area contributed by atoms with Crippen LogP contribution in [-0.2, 0) is 9.53 Å². The third kappa shape index (κ3) is 4.98. The summed E-state index contributed by atoms with van der Waals surface area (Å²) in [7, 11) is 0. The van der Waals surface area contributed by atoms with E-state index in [-0.39, 0.29) is 6.61 Å². The molecule has 2 aromatic carbocycles. The van der Waals surface area contributed by atoms with E-state index in [1.807, 2.05) is 49.4 Å². The Morgan fingerprint density at radius 2 is 1.77 bits per heavy atom. The number of esters is 1. The first-order chi connectivity index (χ1) is 10.7. The van der Waals surface area contributed by atoms with Crippen molar-refractivity contribution < 1.29 is 19.0 Å². The van der Waals surface area contributed by atoms with Crippen molar-refractivity contribution in [2.75, 3.05) is 6.61 Å². The highest BCUT2D eigenvalue weighted by atomic mass is 16.7. The van der Waals surface area contributed by atoms with Crippen LogP contribution in [0, 0.1) is 6.92 Å². The Morgan fingerprint density at radius 1 is 1.09 bits per heavy atom. The molecule has 0 amide bonds. The molecule has 0 fully saturated rings. The van der Waals surface area contributed by atoms with Crippen LogP contribution in [0.1, 0.15) is 5.56 Å². The highest BCUT2D eigenvalue weighted by Crippen LogP contribution is 2.15. The molecule has 0 aliphatic heterocycles. The van der Waals surface area contributed by atoms with Gasteiger partial charge in [-0.1, -0.05) is 42.5 Å². The van der Waals surface area contributed by atoms with Crippen molar-refractivity contribution in [3.8, 4) is 11.5 Å². The largest absolute Gasteiger partial charge is 0.486 e. The number of carbonyl (C=O) groups is 1. The van der Waals surface area contributed by atoms with E-state index in [2.05, 4.69) is 6.58 Å². The summed E-state index contributed by atoms with van der Waals surface area (Å²) < 4.78 is 16.4. The number of rotatable bonds is 7. The zero-order valence-electron chi connectivity index (χ0n) is 12.4. The fourth-order valence-electron chi connectivity index (χ4n) is 1.72. The molecule has 4 heteroatoms. The second-order valence-electron chi connectivity index (χ2n) is 4.63. The van der Waals surface area contributed by atoms with Gasteiger partial charge in [0.1, 0.15) is 11.5 Å². The molecule has 2 rings (SSSR count). The third-order valence-electron chi connectivity index (χ3n) is 2.83. The molecular weight excluding hydrogens is 280 g/mol. The Balaban J connectivity index is 1.99. The summed E-state index contributed by atoms with van der Waals surface area (Å²) in [5.41, 5.74) is 1.14. The fraction of sp³-hybridized carbons (Fsp3) is 0.167. The van der Waals surface area contributed by atoms with Gasteiger partial charge in [0, 0.05) is 6.08 Å². The molecule has 0 radical (unpaired) electrons. The number of para-hydroxylation sites is 1. The Morgan fingerprint density at radius 3 is 2.41 bits per heavy atom. The zero-order valence-corrected chi connectivity index (χ0v) is 12.4. The van der Waals surface area contributed by atoms with Gasteiger partial charge in [-0.2, -0.15) is 0 Å². The second kappa shape index (κ2) is 7.88. The van der Waals surface area contributed by atoms with Crippen molar-refractivity contribution in [2.24, 2.45) is 0 Å². The van der Waals surface area contributed by atoms with Crippen LogP contribution >= 0.6 is 0 Å². The van der Waals surface area contributed by atoms with Crippen molar-refractivity contribution in [2.45, 2.75) is 13.2 Å². The summed E-state index contributed by atoms with van der Waals surface area (Å²) in [6, 6.07) is 16.7. The first kappa shape index (κ1) is 15.6. The Bertz CT molecular complexity index is 605. The number of carbonyl (C=O) groups excluding carboxylic acids is 1. The lowest BCUT2D eigenvalue weighted by Crippen LogP contribution is -2.30. The van der Waals surface area contributed by atoms with E-state index in [1.165, 1.54) is 0 Å². The first-order valence-corrected chi connectivity index (χ1v) is 6.91. The summed E-state index contributed by atoms with van der Waals surface area (Å²) in [4.78, 5) is 11.4. The quantitative estimate of drug-likeness (QED) is 0.446. The number of hydrogen-bond acceptors (Lipinski definition) is 4. The minimum Gasteiger partial charge on any atom is -0.486 e. The summed E-state index contributed by atoms with van der Waals surface area (Å²) in [6.07, 6.45) is 0.238. The van der Waals surface area contributed by atoms with Crippen molar-refractivity contribution >= 4 is 5.97 Å². The van der Waals surface area contributed by atoms with Gasteiger partial charge in [-0.15, -0.1) is 0 Å². The maximum atomic E-state index is 11.4. The summed E-state index contributed by atoms with van der Waals surface area (Å²) in [5, 5.41) is 0. The van der Waals surface area contributed by atoms with Gasteiger partial charge in [-0.05, 0) is 31.2 Å². The van der Waals surface area contributed by atoms with Crippen LogP contribution in [0.3, 0.4) is 0 Å². The highest BCUT2D eigenvalue weighted by Gasteiger charge is 2.15. The second-order valence-corrected chi connectivity index (χ2v) is 4.63. The predicted molar refractivity (Wildman–Crippen MR) is 83.8 cm³/mol. The minimum absolute atomic E-state index is 0.0809. The normalized spacial score (nSPS) is 11.3. The van der Waals surface area contributed by atoms with Gasteiger partial charge in [0.25, 0.3) is 6.29 Å². The predicted octanol–water partition coefficient (Wildman–Crippen LogP) is 3.51. The average Bonchev–Trinajstić information content (AvgIpc) is 2.55. The van der Waals surface area contributed by atoms with E-state index in [1.54, 1.807) is 12.1 Å². The van der Waals surface area contributed by atoms with Gasteiger partial charge in [-0.25, -0.2) is 4.79 Å². The molecule has 0 saturated heterocycles. The summed E-state index contributed by atoms with van der Waals surface area (Å²) in [5.74, 6) is 0.715. The van der Waals surface area contributed by atoms with Gasteiger partial charge < -0.3 is 14.2 Å². The van der Waals surface area contributed by atoms with Gasteiger partial charge in [0.05, 0.1) is 0 Å². The molecule has 0 bridgehead atoms. The highest BCUT2D eigenvalue weighted by molar-refractivity contribution is 5.81. The van der Waals surface area contributed by atoms with Gasteiger partial charge >= 0.3 is 5.97 Å². The summed E-state index contributed by atoms with van der Waals surface area (Å²) >= 11 is 0. The monoisotopic (exact) mass is 298 g/mol. The molecule has 0 aliphatic rings. The van der Waals surface area contributed by atoms with Crippen LogP contribution in [0.5, 0.6) is 11.5 Å². The minimum atomic E-state index is -0.853. The van der Waals surface area contributed by atoms with Gasteiger partial charge in [-0.3, -0.25) is 0 Å². The molecule has 114 valence electrons. The SMILES string of the molecule is C=CC(=O)OC(COc1ccc(C)cc1)Oc1ccccc1. The van der Waals surface area contributed by atoms with Crippen LogP contribution in [-0.4, -0.2) is 18.9 Å². The fourth-order valence-corrected chi connectivity index (χ4v) is 1.72. The van der Waals surface area contributed by atoms with Crippen LogP contribution in [0.25, 0.3) is 0 Å². The van der Waals surface area contributed by atoms with Crippen molar-refractivity contribution in [3.63, 3.8) is 0 Å². The van der Waals surface area contributed by atoms with Crippen molar-refractivity contribution in [3.05, 3.63) is 72.8 Å². The molecule has 0 N–H and O–H groups in total. The lowest BCUT2D eigenvalue weighted by molar-refractivity contribution is -0.161. The maximum Gasteiger partial charge on any atom is 0.333 e. The molecule has 0 aliphatic carbocycles. The molecule has 1 unspecified atom stereocenters. The van der Waals surface area contributed by atoms with Crippen LogP contribution in [0.4, 0.5) is 0 Å². The molecule has 0 aromatic heterocycles. The molecule has 0 spiro atoms. The van der Waals surface area contributed by atoms with Crippen LogP contribution in [0.15, 0.2) is 67.3 Å². The molecule has 1 atom stereocenters. The molecule has 4 nitrogen and oxygen atoms in total. The number of hydrogen-bond donors (Lipinski definition) is 0. The molecule has 0 heterocycles. The molecule has 2 aromatic rings. The average molecular weight is 298 g/mol. The van der Waals surface area contributed by atoms with Crippen molar-refractivity contribution in [1.82, 2.24) is 0 Å².